The number of fused-ring (bicyclic) bond motifs is 3. The van der Waals surface area contributed by atoms with Gasteiger partial charge in [0.2, 0.25) is 0 Å². The minimum Gasteiger partial charge on any atom is -0.481 e. The number of anilines is 1. The van der Waals surface area contributed by atoms with Crippen molar-refractivity contribution in [3.63, 3.8) is 0 Å². The van der Waals surface area contributed by atoms with Gasteiger partial charge in [0.15, 0.2) is 0 Å². The maximum absolute atomic E-state index is 13.5. The molecule has 11 atom stereocenters. The second-order valence-corrected chi connectivity index (χ2v) is 18.7. The van der Waals surface area contributed by atoms with Crippen LogP contribution in [0.2, 0.25) is 0 Å². The molecule has 1 saturated heterocycles. The molecule has 10 nitrogen and oxygen atoms in total. The van der Waals surface area contributed by atoms with E-state index in [-0.39, 0.29) is 56.6 Å². The van der Waals surface area contributed by atoms with Crippen molar-refractivity contribution in [2.75, 3.05) is 25.6 Å². The average Bonchev–Trinajstić information content (AvgIpc) is 3.66. The molecule has 1 aliphatic heterocycles. The van der Waals surface area contributed by atoms with E-state index in [2.05, 4.69) is 70.0 Å². The fourth-order valence-corrected chi connectivity index (χ4v) is 13.2. The van der Waals surface area contributed by atoms with E-state index < -0.39 is 11.9 Å². The van der Waals surface area contributed by atoms with Crippen LogP contribution < -0.4 is 11.5 Å². The summed E-state index contributed by atoms with van der Waals surface area (Å²) in [6.45, 7) is 18.1. The van der Waals surface area contributed by atoms with Crippen molar-refractivity contribution in [2.45, 2.75) is 137 Å². The Morgan fingerprint density at radius 1 is 1.08 bits per heavy atom. The van der Waals surface area contributed by atoms with Gasteiger partial charge < -0.3 is 26.0 Å². The van der Waals surface area contributed by atoms with Crippen LogP contribution in [0.15, 0.2) is 11.6 Å². The molecule has 6 aliphatic rings. The molecular weight excluding hydrogens is 604 g/mol. The minimum absolute atomic E-state index is 0.0966. The third-order valence-corrected chi connectivity index (χ3v) is 16.2. The third-order valence-electron chi connectivity index (χ3n) is 16.2. The molecule has 5 N–H and O–H groups in total. The van der Waals surface area contributed by atoms with Gasteiger partial charge in [0.05, 0.1) is 25.2 Å². The summed E-state index contributed by atoms with van der Waals surface area (Å²) in [4.78, 5) is 15.2. The lowest BCUT2D eigenvalue weighted by Gasteiger charge is -2.71. The lowest BCUT2D eigenvalue weighted by atomic mass is 9.34. The van der Waals surface area contributed by atoms with Gasteiger partial charge in [0.25, 0.3) is 5.95 Å². The summed E-state index contributed by atoms with van der Waals surface area (Å²) >= 11 is 0. The molecule has 0 radical (unpaired) electrons. The molecule has 4 saturated carbocycles. The molecule has 0 aromatic carbocycles. The molecule has 1 aromatic rings. The Labute approximate surface area is 287 Å². The summed E-state index contributed by atoms with van der Waals surface area (Å²) < 4.78 is 13.9. The fraction of sp³-hybridized carbons (Fsp3) is 0.895. The molecule has 5 fully saturated rings. The number of carboxylic acid groups (broad SMARTS) is 1. The highest BCUT2D eigenvalue weighted by molar-refractivity contribution is 5.73. The van der Waals surface area contributed by atoms with Gasteiger partial charge in [-0.25, -0.2) is 0 Å². The van der Waals surface area contributed by atoms with Gasteiger partial charge in [0.1, 0.15) is 6.04 Å². The van der Waals surface area contributed by atoms with E-state index in [1.165, 1.54) is 18.4 Å². The molecule has 2 heterocycles. The predicted octanol–water partition coefficient (Wildman–Crippen LogP) is 6.43. The lowest BCUT2D eigenvalue weighted by Crippen LogP contribution is -2.70. The number of carboxylic acids is 1. The number of aromatic nitrogens is 4. The van der Waals surface area contributed by atoms with Gasteiger partial charge in [-0.05, 0) is 108 Å². The molecule has 7 rings (SSSR count). The molecule has 10 heteroatoms. The topological polar surface area (TPSA) is 151 Å². The number of hydrogen-bond donors (Lipinski definition) is 3. The van der Waals surface area contributed by atoms with E-state index in [0.717, 1.165) is 57.8 Å². The normalized spacial score (nSPS) is 45.5. The first-order chi connectivity index (χ1) is 22.5. The number of rotatable bonds is 8. The first-order valence-corrected chi connectivity index (χ1v) is 19.0. The molecule has 2 bridgehead atoms. The van der Waals surface area contributed by atoms with Crippen molar-refractivity contribution >= 4 is 11.9 Å². The first-order valence-electron chi connectivity index (χ1n) is 19.0. The van der Waals surface area contributed by atoms with Gasteiger partial charge in [-0.15, -0.1) is 5.10 Å². The number of tetrazole rings is 1. The minimum atomic E-state index is -0.632. The standard InChI is InChI=1S/C38H62N6O4/c1-23(2)24(3)34(5)16-17-35(6)25-10-11-28-33(4)20-27(44-42-32(39)41-43-44)30(48-19-18-37(40)13-8-9-14-37)38(28,22-47-21-33)26(25)12-15-36(35,7)29(34)31(45)46/h12,23-25,27-30H,8-11,13-22,40H2,1-7H3,(H2,39,42)(H,45,46)/t24-,25+,27-,28-,29-,30+,33-,34-,35-,36+,38+/m1/s1. The molecule has 48 heavy (non-hydrogen) atoms. The molecule has 0 amide bonds. The zero-order valence-corrected chi connectivity index (χ0v) is 30.6. The van der Waals surface area contributed by atoms with Crippen molar-refractivity contribution in [3.05, 3.63) is 11.6 Å². The largest absolute Gasteiger partial charge is 0.481 e. The van der Waals surface area contributed by atoms with Gasteiger partial charge in [-0.1, -0.05) is 78.1 Å². The van der Waals surface area contributed by atoms with Gasteiger partial charge in [-0.2, -0.15) is 4.80 Å². The molecule has 1 aromatic heterocycles. The van der Waals surface area contributed by atoms with Crippen LogP contribution in [-0.4, -0.2) is 62.7 Å². The third kappa shape index (κ3) is 4.73. The van der Waals surface area contributed by atoms with Gasteiger partial charge in [-0.3, -0.25) is 4.79 Å². The fourth-order valence-electron chi connectivity index (χ4n) is 13.2. The lowest BCUT2D eigenvalue weighted by molar-refractivity contribution is -0.253. The zero-order valence-electron chi connectivity index (χ0n) is 30.6. The molecule has 0 unspecified atom stereocenters. The summed E-state index contributed by atoms with van der Waals surface area (Å²) in [5.74, 6) is 0.453. The maximum atomic E-state index is 13.5. The monoisotopic (exact) mass is 666 g/mol. The van der Waals surface area contributed by atoms with Crippen molar-refractivity contribution in [1.29, 1.82) is 0 Å². The van der Waals surface area contributed by atoms with E-state index in [4.69, 9.17) is 20.9 Å². The van der Waals surface area contributed by atoms with Crippen LogP contribution in [0.3, 0.4) is 0 Å². The molecule has 5 aliphatic carbocycles. The number of nitrogens with zero attached hydrogens (tertiary/aromatic N) is 4. The van der Waals surface area contributed by atoms with Crippen LogP contribution in [0.4, 0.5) is 5.95 Å². The second-order valence-electron chi connectivity index (χ2n) is 18.7. The molecule has 0 spiro atoms. The van der Waals surface area contributed by atoms with Crippen LogP contribution in [0.5, 0.6) is 0 Å². The number of allylic oxidation sites excluding steroid dienone is 1. The summed E-state index contributed by atoms with van der Waals surface area (Å²) in [6, 6.07) is -0.147. The molecule has 268 valence electrons. The highest BCUT2D eigenvalue weighted by atomic mass is 16.5. The Kier molecular flexibility index (Phi) is 8.24. The Bertz CT molecular complexity index is 1440. The van der Waals surface area contributed by atoms with Crippen molar-refractivity contribution in [2.24, 2.45) is 62.4 Å². The van der Waals surface area contributed by atoms with E-state index in [9.17, 15) is 9.90 Å². The summed E-state index contributed by atoms with van der Waals surface area (Å²) in [5.41, 5.74) is 12.9. The number of nitrogen functional groups attached to an aromatic ring is 1. The smallest absolute Gasteiger partial charge is 0.307 e. The van der Waals surface area contributed by atoms with E-state index >= 15 is 0 Å². The summed E-state index contributed by atoms with van der Waals surface area (Å²) in [7, 11) is 0. The number of nitrogens with two attached hydrogens (primary N) is 2. The molecular formula is C38H62N6O4. The van der Waals surface area contributed by atoms with Crippen LogP contribution in [-0.2, 0) is 14.3 Å². The number of carbonyl (C=O) groups is 1. The van der Waals surface area contributed by atoms with Crippen molar-refractivity contribution < 1.29 is 19.4 Å². The SMILES string of the molecule is CC(C)[C@@H](C)[C@@]1(C)CC[C@]2(C)[C@H]3CC[C@@H]4[C@@]5(C)COC[C@@]4(C3=CC[C@@]2(C)[C@@H]1C(=O)O)[C@@H](OCCC1(N)CCCC1)[C@H](n1nnc(N)n1)C5. The Balaban J connectivity index is 1.34. The quantitative estimate of drug-likeness (QED) is 0.267. The highest BCUT2D eigenvalue weighted by Crippen LogP contribution is 2.75. The number of hydrogen-bond acceptors (Lipinski definition) is 8. The highest BCUT2D eigenvalue weighted by Gasteiger charge is 2.72. The van der Waals surface area contributed by atoms with Crippen molar-refractivity contribution in [1.82, 2.24) is 20.2 Å². The van der Waals surface area contributed by atoms with Crippen LogP contribution in [0.25, 0.3) is 0 Å². The van der Waals surface area contributed by atoms with Crippen LogP contribution in [0, 0.1) is 56.7 Å². The summed E-state index contributed by atoms with van der Waals surface area (Å²) in [6.07, 6.45) is 13.2. The van der Waals surface area contributed by atoms with Gasteiger partial charge in [0, 0.05) is 17.6 Å². The van der Waals surface area contributed by atoms with E-state index in [1.807, 2.05) is 0 Å². The predicted molar refractivity (Wildman–Crippen MR) is 185 cm³/mol. The summed E-state index contributed by atoms with van der Waals surface area (Å²) in [5, 5.41) is 24.3. The van der Waals surface area contributed by atoms with Crippen LogP contribution in [0.1, 0.15) is 125 Å². The van der Waals surface area contributed by atoms with Gasteiger partial charge >= 0.3 is 5.97 Å². The number of aliphatic carboxylic acids is 1. The Morgan fingerprint density at radius 3 is 2.46 bits per heavy atom. The average molecular weight is 667 g/mol. The second kappa shape index (κ2) is 11.5. The Morgan fingerprint density at radius 2 is 1.81 bits per heavy atom. The zero-order chi connectivity index (χ0) is 34.5. The van der Waals surface area contributed by atoms with Crippen LogP contribution >= 0.6 is 0 Å². The van der Waals surface area contributed by atoms with E-state index in [1.54, 1.807) is 4.80 Å². The Hall–Kier alpha value is -2.04. The number of ether oxygens (including phenoxy) is 2. The van der Waals surface area contributed by atoms with Crippen molar-refractivity contribution in [3.8, 4) is 0 Å². The maximum Gasteiger partial charge on any atom is 0.307 e. The first kappa shape index (κ1) is 34.4. The van der Waals surface area contributed by atoms with E-state index in [0.29, 0.717) is 37.6 Å².